The molecule has 2 aliphatic rings. The average Bonchev–Trinajstić information content (AvgIpc) is 3.26. The molecule has 2 aromatic carbocycles. The van der Waals surface area contributed by atoms with Crippen LogP contribution in [-0.4, -0.2) is 25.7 Å². The number of fused-ring (bicyclic) bond motifs is 1. The first-order valence-electron chi connectivity index (χ1n) is 11.2. The fourth-order valence-corrected chi connectivity index (χ4v) is 4.75. The number of nitrogens with zero attached hydrogens (tertiary/aromatic N) is 1. The second-order valence-corrected chi connectivity index (χ2v) is 8.42. The molecule has 0 saturated carbocycles. The van der Waals surface area contributed by atoms with Gasteiger partial charge in [0.1, 0.15) is 0 Å². The third kappa shape index (κ3) is 4.45. The summed E-state index contributed by atoms with van der Waals surface area (Å²) in [6.07, 6.45) is 0.635. The van der Waals surface area contributed by atoms with Gasteiger partial charge in [0.2, 0.25) is 0 Å². The summed E-state index contributed by atoms with van der Waals surface area (Å²) in [5.74, 6) is -1.75. The van der Waals surface area contributed by atoms with Gasteiger partial charge in [-0.05, 0) is 42.7 Å². The first kappa shape index (κ1) is 23.3. The van der Waals surface area contributed by atoms with Crippen molar-refractivity contribution in [2.24, 2.45) is 0 Å². The van der Waals surface area contributed by atoms with E-state index in [-0.39, 0.29) is 12.6 Å². The standard InChI is InChI=1S/C27H27N3O4/c1-16-23(26(31)33-3)25(19-9-6-7-18(13-19)14-28)24(17(2)30-16)27(32)34-12-11-22-21-10-5-4-8-20(21)15-29-22/h4-10,13,22,25,29-30H,11-12,15H2,1-3H3. The zero-order chi connectivity index (χ0) is 24.2. The number of dihydropyridines is 1. The van der Waals surface area contributed by atoms with E-state index in [2.05, 4.69) is 28.8 Å². The van der Waals surface area contributed by atoms with Gasteiger partial charge in [-0.1, -0.05) is 36.4 Å². The van der Waals surface area contributed by atoms with E-state index in [1.807, 2.05) is 12.1 Å². The van der Waals surface area contributed by atoms with Gasteiger partial charge in [-0.3, -0.25) is 0 Å². The highest BCUT2D eigenvalue weighted by atomic mass is 16.5. The lowest BCUT2D eigenvalue weighted by Crippen LogP contribution is -2.32. The Morgan fingerprint density at radius 2 is 1.79 bits per heavy atom. The first-order valence-corrected chi connectivity index (χ1v) is 11.2. The smallest absolute Gasteiger partial charge is 0.336 e. The van der Waals surface area contributed by atoms with Gasteiger partial charge in [0, 0.05) is 30.4 Å². The number of nitrogens with one attached hydrogen (secondary N) is 2. The van der Waals surface area contributed by atoms with E-state index in [1.165, 1.54) is 18.2 Å². The van der Waals surface area contributed by atoms with Crippen LogP contribution in [0.1, 0.15) is 54.5 Å². The molecule has 7 heteroatoms. The largest absolute Gasteiger partial charge is 0.466 e. The summed E-state index contributed by atoms with van der Waals surface area (Å²) >= 11 is 0. The van der Waals surface area contributed by atoms with Crippen LogP contribution < -0.4 is 10.6 Å². The fraction of sp³-hybridized carbons (Fsp3) is 0.296. The Morgan fingerprint density at radius 1 is 1.06 bits per heavy atom. The molecule has 2 heterocycles. The van der Waals surface area contributed by atoms with E-state index in [9.17, 15) is 14.9 Å². The summed E-state index contributed by atoms with van der Waals surface area (Å²) in [7, 11) is 1.31. The molecule has 2 unspecified atom stereocenters. The highest BCUT2D eigenvalue weighted by Gasteiger charge is 2.38. The van der Waals surface area contributed by atoms with E-state index < -0.39 is 17.9 Å². The zero-order valence-electron chi connectivity index (χ0n) is 19.5. The van der Waals surface area contributed by atoms with Crippen LogP contribution in [0.3, 0.4) is 0 Å². The predicted octanol–water partition coefficient (Wildman–Crippen LogP) is 3.74. The maximum Gasteiger partial charge on any atom is 0.336 e. The number of carbonyl (C=O) groups excluding carboxylic acids is 2. The SMILES string of the molecule is COC(=O)C1=C(C)NC(C)=C(C(=O)OCCC2NCc3ccccc32)C1c1cccc(C#N)c1. The second-order valence-electron chi connectivity index (χ2n) is 8.42. The summed E-state index contributed by atoms with van der Waals surface area (Å²) in [6.45, 7) is 4.57. The summed E-state index contributed by atoms with van der Waals surface area (Å²) in [5, 5.41) is 16.0. The number of benzene rings is 2. The number of carbonyl (C=O) groups is 2. The minimum absolute atomic E-state index is 0.124. The van der Waals surface area contributed by atoms with Crippen molar-refractivity contribution >= 4 is 11.9 Å². The van der Waals surface area contributed by atoms with Crippen molar-refractivity contribution in [3.05, 3.63) is 93.3 Å². The van der Waals surface area contributed by atoms with Gasteiger partial charge < -0.3 is 20.1 Å². The minimum atomic E-state index is -0.708. The van der Waals surface area contributed by atoms with Crippen LogP contribution in [0.25, 0.3) is 0 Å². The first-order chi connectivity index (χ1) is 16.4. The van der Waals surface area contributed by atoms with E-state index in [4.69, 9.17) is 9.47 Å². The highest BCUT2D eigenvalue weighted by Crippen LogP contribution is 2.39. The van der Waals surface area contributed by atoms with Crippen LogP contribution in [0, 0.1) is 11.3 Å². The molecule has 0 fully saturated rings. The lowest BCUT2D eigenvalue weighted by atomic mass is 9.80. The zero-order valence-corrected chi connectivity index (χ0v) is 19.5. The van der Waals surface area contributed by atoms with E-state index in [1.54, 1.807) is 38.1 Å². The van der Waals surface area contributed by atoms with Gasteiger partial charge in [0.05, 0.1) is 42.4 Å². The molecule has 0 aliphatic carbocycles. The summed E-state index contributed by atoms with van der Waals surface area (Å²) < 4.78 is 10.7. The molecule has 2 atom stereocenters. The van der Waals surface area contributed by atoms with Crippen molar-refractivity contribution in [3.63, 3.8) is 0 Å². The molecule has 174 valence electrons. The Balaban J connectivity index is 1.59. The molecule has 34 heavy (non-hydrogen) atoms. The van der Waals surface area contributed by atoms with Crippen molar-refractivity contribution in [1.82, 2.24) is 10.6 Å². The lowest BCUT2D eigenvalue weighted by Gasteiger charge is -2.30. The summed E-state index contributed by atoms with van der Waals surface area (Å²) in [6, 6.07) is 17.4. The van der Waals surface area contributed by atoms with E-state index in [0.29, 0.717) is 40.1 Å². The van der Waals surface area contributed by atoms with Crippen LogP contribution in [0.4, 0.5) is 0 Å². The molecular weight excluding hydrogens is 430 g/mol. The molecule has 0 bridgehead atoms. The monoisotopic (exact) mass is 457 g/mol. The molecule has 0 saturated heterocycles. The third-order valence-corrected chi connectivity index (χ3v) is 6.34. The summed E-state index contributed by atoms with van der Waals surface area (Å²) in [4.78, 5) is 26.1. The van der Waals surface area contributed by atoms with Gasteiger partial charge in [-0.2, -0.15) is 5.26 Å². The van der Waals surface area contributed by atoms with Crippen molar-refractivity contribution in [3.8, 4) is 6.07 Å². The highest BCUT2D eigenvalue weighted by molar-refractivity contribution is 5.99. The second kappa shape index (κ2) is 9.94. The summed E-state index contributed by atoms with van der Waals surface area (Å²) in [5.41, 5.74) is 5.43. The van der Waals surface area contributed by atoms with Crippen LogP contribution >= 0.6 is 0 Å². The number of hydrogen-bond donors (Lipinski definition) is 2. The van der Waals surface area contributed by atoms with Gasteiger partial charge >= 0.3 is 11.9 Å². The molecule has 0 aromatic heterocycles. The number of esters is 2. The molecule has 2 aromatic rings. The lowest BCUT2D eigenvalue weighted by molar-refractivity contribution is -0.139. The Morgan fingerprint density at radius 3 is 2.53 bits per heavy atom. The van der Waals surface area contributed by atoms with Crippen LogP contribution in [0.15, 0.2) is 71.1 Å². The average molecular weight is 458 g/mol. The number of nitriles is 1. The quantitative estimate of drug-likeness (QED) is 0.637. The molecule has 7 nitrogen and oxygen atoms in total. The Hall–Kier alpha value is -3.89. The molecule has 0 spiro atoms. The van der Waals surface area contributed by atoms with Crippen molar-refractivity contribution in [1.29, 1.82) is 5.26 Å². The number of allylic oxidation sites excluding steroid dienone is 2. The van der Waals surface area contributed by atoms with E-state index >= 15 is 0 Å². The van der Waals surface area contributed by atoms with Crippen LogP contribution in [0.5, 0.6) is 0 Å². The van der Waals surface area contributed by atoms with Crippen LogP contribution in [-0.2, 0) is 25.6 Å². The maximum absolute atomic E-state index is 13.3. The topological polar surface area (TPSA) is 100 Å². The third-order valence-electron chi connectivity index (χ3n) is 6.34. The number of ether oxygens (including phenoxy) is 2. The predicted molar refractivity (Wildman–Crippen MR) is 126 cm³/mol. The van der Waals surface area contributed by atoms with Crippen molar-refractivity contribution in [2.45, 2.75) is 38.8 Å². The molecule has 0 radical (unpaired) electrons. The molecule has 4 rings (SSSR count). The van der Waals surface area contributed by atoms with Gasteiger partial charge in [-0.15, -0.1) is 0 Å². The number of rotatable bonds is 6. The fourth-order valence-electron chi connectivity index (χ4n) is 4.75. The van der Waals surface area contributed by atoms with E-state index in [0.717, 1.165) is 6.54 Å². The normalized spacial score (nSPS) is 19.2. The maximum atomic E-state index is 13.3. The van der Waals surface area contributed by atoms with Crippen LogP contribution in [0.2, 0.25) is 0 Å². The molecule has 0 amide bonds. The number of methoxy groups -OCH3 is 1. The van der Waals surface area contributed by atoms with Gasteiger partial charge in [0.15, 0.2) is 0 Å². The van der Waals surface area contributed by atoms with Gasteiger partial charge in [0.25, 0.3) is 0 Å². The molecule has 2 aliphatic heterocycles. The minimum Gasteiger partial charge on any atom is -0.466 e. The Bertz CT molecular complexity index is 1240. The number of hydrogen-bond acceptors (Lipinski definition) is 7. The van der Waals surface area contributed by atoms with Gasteiger partial charge in [-0.25, -0.2) is 9.59 Å². The van der Waals surface area contributed by atoms with Crippen molar-refractivity contribution in [2.75, 3.05) is 13.7 Å². The Kier molecular flexibility index (Phi) is 6.80. The molecular formula is C27H27N3O4. The van der Waals surface area contributed by atoms with Crippen molar-refractivity contribution < 1.29 is 19.1 Å². The Labute approximate surface area is 199 Å². The molecule has 2 N–H and O–H groups in total.